The lowest BCUT2D eigenvalue weighted by Gasteiger charge is -2.15. The molecule has 0 aromatic heterocycles. The Labute approximate surface area is 108 Å². The molecule has 19 heavy (non-hydrogen) atoms. The summed E-state index contributed by atoms with van der Waals surface area (Å²) in [6, 6.07) is 4.97. The molecule has 102 valence electrons. The summed E-state index contributed by atoms with van der Waals surface area (Å²) in [4.78, 5) is 31.6. The molecule has 1 aromatic carbocycles. The van der Waals surface area contributed by atoms with E-state index in [9.17, 15) is 25.0 Å². The Morgan fingerprint density at radius 3 is 2.47 bits per heavy atom. The number of carbonyl (C=O) groups excluding carboxylic acids is 1. The average Bonchev–Trinajstić information content (AvgIpc) is 2.36. The van der Waals surface area contributed by atoms with Crippen LogP contribution in [0.4, 0.5) is 5.69 Å². The number of esters is 1. The van der Waals surface area contributed by atoms with E-state index >= 15 is 0 Å². The lowest BCUT2D eigenvalue weighted by molar-refractivity contribution is -0.563. The molecule has 0 unspecified atom stereocenters. The fourth-order valence-electron chi connectivity index (χ4n) is 1.12. The zero-order chi connectivity index (χ0) is 14.6. The highest BCUT2D eigenvalue weighted by Gasteiger charge is 2.32. The topological polar surface area (TPSA) is 113 Å². The number of benzene rings is 1. The molecule has 0 saturated carbocycles. The van der Waals surface area contributed by atoms with Gasteiger partial charge in [0.2, 0.25) is 5.54 Å². The second kappa shape index (κ2) is 5.42. The van der Waals surface area contributed by atoms with Crippen LogP contribution in [0.5, 0.6) is 0 Å². The molecule has 0 amide bonds. The van der Waals surface area contributed by atoms with Crippen LogP contribution >= 0.6 is 0 Å². The first kappa shape index (κ1) is 14.6. The van der Waals surface area contributed by atoms with Gasteiger partial charge in [-0.2, -0.15) is 0 Å². The Morgan fingerprint density at radius 2 is 1.95 bits per heavy atom. The van der Waals surface area contributed by atoms with E-state index in [0.29, 0.717) is 0 Å². The number of rotatable bonds is 5. The molecule has 0 saturated heterocycles. The van der Waals surface area contributed by atoms with Crippen LogP contribution in [0.25, 0.3) is 0 Å². The first-order chi connectivity index (χ1) is 8.74. The Balaban J connectivity index is 2.77. The number of carbonyl (C=O) groups is 1. The van der Waals surface area contributed by atoms with Crippen LogP contribution in [0.1, 0.15) is 24.2 Å². The van der Waals surface area contributed by atoms with E-state index in [4.69, 9.17) is 4.74 Å². The van der Waals surface area contributed by atoms with Crippen molar-refractivity contribution in [3.8, 4) is 0 Å². The van der Waals surface area contributed by atoms with Gasteiger partial charge in [0.15, 0.2) is 6.61 Å². The van der Waals surface area contributed by atoms with Crippen molar-refractivity contribution in [1.29, 1.82) is 0 Å². The third-order valence-electron chi connectivity index (χ3n) is 2.34. The number of nitrogens with zero attached hydrogens (tertiary/aromatic N) is 2. The fourth-order valence-corrected chi connectivity index (χ4v) is 1.12. The predicted octanol–water partition coefficient (Wildman–Crippen LogP) is 1.81. The molecular weight excluding hydrogens is 256 g/mol. The van der Waals surface area contributed by atoms with E-state index in [1.807, 2.05) is 0 Å². The quantitative estimate of drug-likeness (QED) is 0.457. The Kier molecular flexibility index (Phi) is 4.15. The first-order valence-electron chi connectivity index (χ1n) is 5.30. The number of non-ortho nitro benzene ring substituents is 1. The van der Waals surface area contributed by atoms with Gasteiger partial charge < -0.3 is 4.74 Å². The van der Waals surface area contributed by atoms with Gasteiger partial charge in [-0.15, -0.1) is 0 Å². The fraction of sp³-hybridized carbons (Fsp3) is 0.364. The maximum Gasteiger partial charge on any atom is 0.338 e. The maximum atomic E-state index is 11.6. The van der Waals surface area contributed by atoms with Crippen molar-refractivity contribution in [2.75, 3.05) is 6.61 Å². The highest BCUT2D eigenvalue weighted by molar-refractivity contribution is 5.90. The number of nitro benzene ring substituents is 1. The minimum Gasteiger partial charge on any atom is -0.454 e. The summed E-state index contributed by atoms with van der Waals surface area (Å²) in [5.74, 6) is -0.835. The summed E-state index contributed by atoms with van der Waals surface area (Å²) in [7, 11) is 0. The van der Waals surface area contributed by atoms with E-state index in [1.165, 1.54) is 32.0 Å². The lowest BCUT2D eigenvalue weighted by Crippen LogP contribution is -2.37. The average molecular weight is 268 g/mol. The summed E-state index contributed by atoms with van der Waals surface area (Å²) in [6.07, 6.45) is 0. The molecule has 0 radical (unpaired) electrons. The normalized spacial score (nSPS) is 10.8. The molecule has 8 nitrogen and oxygen atoms in total. The van der Waals surface area contributed by atoms with Gasteiger partial charge in [-0.1, -0.05) is 6.07 Å². The summed E-state index contributed by atoms with van der Waals surface area (Å²) in [5.41, 5.74) is -1.67. The maximum absolute atomic E-state index is 11.6. The number of hydrogen-bond donors (Lipinski definition) is 0. The van der Waals surface area contributed by atoms with Gasteiger partial charge in [-0.3, -0.25) is 20.2 Å². The number of nitro groups is 2. The second-order valence-corrected chi connectivity index (χ2v) is 4.45. The zero-order valence-electron chi connectivity index (χ0n) is 10.4. The van der Waals surface area contributed by atoms with Gasteiger partial charge in [-0.25, -0.2) is 4.79 Å². The van der Waals surface area contributed by atoms with Crippen molar-refractivity contribution >= 4 is 11.7 Å². The van der Waals surface area contributed by atoms with Crippen LogP contribution in [0.2, 0.25) is 0 Å². The molecule has 0 aliphatic carbocycles. The van der Waals surface area contributed by atoms with Crippen LogP contribution in [-0.4, -0.2) is 28.0 Å². The molecule has 0 atom stereocenters. The molecule has 0 bridgehead atoms. The van der Waals surface area contributed by atoms with E-state index in [1.54, 1.807) is 0 Å². The van der Waals surface area contributed by atoms with Gasteiger partial charge in [0, 0.05) is 30.9 Å². The third kappa shape index (κ3) is 3.73. The summed E-state index contributed by atoms with van der Waals surface area (Å²) in [6.45, 7) is 2.21. The van der Waals surface area contributed by atoms with E-state index in [0.717, 1.165) is 6.07 Å². The highest BCUT2D eigenvalue weighted by atomic mass is 16.6. The van der Waals surface area contributed by atoms with Crippen molar-refractivity contribution in [2.45, 2.75) is 19.4 Å². The van der Waals surface area contributed by atoms with Gasteiger partial charge in [0.1, 0.15) is 0 Å². The summed E-state index contributed by atoms with van der Waals surface area (Å²) in [5, 5.41) is 21.2. The van der Waals surface area contributed by atoms with Crippen LogP contribution in [0.3, 0.4) is 0 Å². The Morgan fingerprint density at radius 1 is 1.32 bits per heavy atom. The molecule has 0 aliphatic heterocycles. The molecule has 1 rings (SSSR count). The molecular formula is C11H12N2O6. The standard InChI is InChI=1S/C11H12N2O6/c1-11(2,13(17)18)7-19-10(14)8-4-3-5-9(6-8)12(15)16/h3-6H,7H2,1-2H3. The van der Waals surface area contributed by atoms with Crippen molar-refractivity contribution in [3.63, 3.8) is 0 Å². The Hall–Kier alpha value is -2.51. The monoisotopic (exact) mass is 268 g/mol. The van der Waals surface area contributed by atoms with E-state index in [2.05, 4.69) is 0 Å². The van der Waals surface area contributed by atoms with Gasteiger partial charge in [0.05, 0.1) is 10.5 Å². The molecule has 0 N–H and O–H groups in total. The summed E-state index contributed by atoms with van der Waals surface area (Å²) >= 11 is 0. The van der Waals surface area contributed by atoms with Crippen molar-refractivity contribution < 1.29 is 19.4 Å². The zero-order valence-corrected chi connectivity index (χ0v) is 10.4. The van der Waals surface area contributed by atoms with E-state index in [-0.39, 0.29) is 11.3 Å². The lowest BCUT2D eigenvalue weighted by atomic mass is 10.1. The van der Waals surface area contributed by atoms with Crippen LogP contribution < -0.4 is 0 Å². The number of hydrogen-bond acceptors (Lipinski definition) is 6. The van der Waals surface area contributed by atoms with Crippen LogP contribution in [0, 0.1) is 20.2 Å². The molecule has 0 fully saturated rings. The second-order valence-electron chi connectivity index (χ2n) is 4.45. The van der Waals surface area contributed by atoms with E-state index < -0.39 is 28.0 Å². The molecule has 8 heteroatoms. The molecule has 1 aromatic rings. The number of ether oxygens (including phenoxy) is 1. The highest BCUT2D eigenvalue weighted by Crippen LogP contribution is 2.15. The van der Waals surface area contributed by atoms with Crippen molar-refractivity contribution in [1.82, 2.24) is 0 Å². The predicted molar refractivity (Wildman–Crippen MR) is 64.5 cm³/mol. The summed E-state index contributed by atoms with van der Waals surface area (Å²) < 4.78 is 4.79. The van der Waals surface area contributed by atoms with Gasteiger partial charge in [-0.05, 0) is 6.07 Å². The molecule has 0 spiro atoms. The van der Waals surface area contributed by atoms with Gasteiger partial charge >= 0.3 is 5.97 Å². The van der Waals surface area contributed by atoms with Crippen molar-refractivity contribution in [3.05, 3.63) is 50.1 Å². The van der Waals surface area contributed by atoms with Crippen LogP contribution in [0.15, 0.2) is 24.3 Å². The van der Waals surface area contributed by atoms with Crippen LogP contribution in [-0.2, 0) is 4.74 Å². The van der Waals surface area contributed by atoms with Crippen molar-refractivity contribution in [2.24, 2.45) is 0 Å². The smallest absolute Gasteiger partial charge is 0.338 e. The SMILES string of the molecule is CC(C)(COC(=O)c1cccc([N+](=O)[O-])c1)[N+](=O)[O-]. The largest absolute Gasteiger partial charge is 0.454 e. The minimum absolute atomic E-state index is 0.0200. The molecule has 0 heterocycles. The minimum atomic E-state index is -1.41. The first-order valence-corrected chi connectivity index (χ1v) is 5.30. The Bertz CT molecular complexity index is 526. The molecule has 0 aliphatic rings. The third-order valence-corrected chi connectivity index (χ3v) is 2.34. The van der Waals surface area contributed by atoms with Gasteiger partial charge in [0.25, 0.3) is 5.69 Å².